The second kappa shape index (κ2) is 6.04. The minimum absolute atomic E-state index is 0.524. The maximum atomic E-state index is 5.09. The molecule has 3 rings (SSSR count). The van der Waals surface area contributed by atoms with Gasteiger partial charge in [0.05, 0.1) is 17.3 Å². The summed E-state index contributed by atoms with van der Waals surface area (Å²) in [4.78, 5) is 10.7. The lowest BCUT2D eigenvalue weighted by Gasteiger charge is -2.16. The Morgan fingerprint density at radius 3 is 2.85 bits per heavy atom. The Kier molecular flexibility index (Phi) is 4.15. The van der Waals surface area contributed by atoms with E-state index in [4.69, 9.17) is 10.9 Å². The van der Waals surface area contributed by atoms with Crippen LogP contribution in [0.15, 0.2) is 18.2 Å². The maximum Gasteiger partial charge on any atom is 0.0959 e. The van der Waals surface area contributed by atoms with Crippen LogP contribution in [0.4, 0.5) is 0 Å². The summed E-state index contributed by atoms with van der Waals surface area (Å²) >= 11 is 1.74. The number of nitrogens with two attached hydrogens (primary N) is 1. The Morgan fingerprint density at radius 1 is 1.25 bits per heavy atom. The molecular weight excluding hydrogens is 268 g/mol. The van der Waals surface area contributed by atoms with Gasteiger partial charge in [0.15, 0.2) is 0 Å². The third kappa shape index (κ3) is 2.77. The number of benzene rings is 1. The van der Waals surface area contributed by atoms with Gasteiger partial charge in [-0.2, -0.15) is 0 Å². The number of fused-ring (bicyclic) bond motifs is 1. The van der Waals surface area contributed by atoms with Gasteiger partial charge in [-0.3, -0.25) is 0 Å². The molecule has 1 aliphatic carbocycles. The zero-order valence-corrected chi connectivity index (χ0v) is 12.6. The highest BCUT2D eigenvalue weighted by Gasteiger charge is 2.14. The molecule has 20 heavy (non-hydrogen) atoms. The average Bonchev–Trinajstić information content (AvgIpc) is 2.85. The van der Waals surface area contributed by atoms with Crippen molar-refractivity contribution in [2.45, 2.75) is 39.0 Å². The van der Waals surface area contributed by atoms with E-state index in [-0.39, 0.29) is 0 Å². The van der Waals surface area contributed by atoms with Crippen molar-refractivity contribution in [1.29, 1.82) is 0 Å². The van der Waals surface area contributed by atoms with Crippen LogP contribution in [0.3, 0.4) is 0 Å². The largest absolute Gasteiger partial charge is 0.304 e. The lowest BCUT2D eigenvalue weighted by molar-refractivity contribution is 0.141. The van der Waals surface area contributed by atoms with E-state index in [2.05, 4.69) is 30.0 Å². The number of hydrogen-bond donors (Lipinski definition) is 1. The van der Waals surface area contributed by atoms with Crippen molar-refractivity contribution in [3.05, 3.63) is 39.2 Å². The quantitative estimate of drug-likeness (QED) is 0.877. The van der Waals surface area contributed by atoms with Crippen molar-refractivity contribution in [1.82, 2.24) is 4.98 Å². The van der Waals surface area contributed by atoms with Crippen LogP contribution < -0.4 is 5.90 Å². The third-order valence-electron chi connectivity index (χ3n) is 3.90. The van der Waals surface area contributed by atoms with Gasteiger partial charge in [0.25, 0.3) is 0 Å². The fraction of sp³-hybridized carbons (Fsp3) is 0.438. The number of hydrogen-bond acceptors (Lipinski definition) is 4. The molecular formula is C16H20N2OS. The van der Waals surface area contributed by atoms with E-state index < -0.39 is 0 Å². The predicted molar refractivity (Wildman–Crippen MR) is 82.8 cm³/mol. The Balaban J connectivity index is 1.90. The Hall–Kier alpha value is -1.23. The van der Waals surface area contributed by atoms with Crippen LogP contribution in [0, 0.1) is 6.92 Å². The molecule has 0 aliphatic heterocycles. The van der Waals surface area contributed by atoms with Crippen LogP contribution in [0.1, 0.15) is 33.9 Å². The van der Waals surface area contributed by atoms with Crippen LogP contribution in [-0.4, -0.2) is 11.6 Å². The first-order valence-electron chi connectivity index (χ1n) is 7.18. The molecule has 0 spiro atoms. The summed E-state index contributed by atoms with van der Waals surface area (Å²) in [6.07, 6.45) is 5.86. The van der Waals surface area contributed by atoms with Gasteiger partial charge >= 0.3 is 0 Å². The molecule has 1 aliphatic rings. The van der Waals surface area contributed by atoms with E-state index in [1.807, 2.05) is 0 Å². The summed E-state index contributed by atoms with van der Waals surface area (Å²) < 4.78 is 0. The highest BCUT2D eigenvalue weighted by Crippen LogP contribution is 2.31. The minimum Gasteiger partial charge on any atom is -0.304 e. The van der Waals surface area contributed by atoms with Crippen molar-refractivity contribution >= 4 is 11.3 Å². The van der Waals surface area contributed by atoms with Gasteiger partial charge in [-0.25, -0.2) is 10.9 Å². The number of thiazole rings is 1. The van der Waals surface area contributed by atoms with Crippen LogP contribution in [0.25, 0.3) is 11.3 Å². The maximum absolute atomic E-state index is 5.09. The molecule has 0 radical (unpaired) electrons. The first-order chi connectivity index (χ1) is 9.78. The summed E-state index contributed by atoms with van der Waals surface area (Å²) in [7, 11) is 0. The molecule has 2 N–H and O–H groups in total. The molecule has 1 heterocycles. The zero-order valence-electron chi connectivity index (χ0n) is 11.8. The summed E-state index contributed by atoms with van der Waals surface area (Å²) in [6, 6.07) is 6.83. The monoisotopic (exact) mass is 288 g/mol. The summed E-state index contributed by atoms with van der Waals surface area (Å²) in [5.41, 5.74) is 5.40. The highest BCUT2D eigenvalue weighted by atomic mass is 32.1. The number of nitrogens with zero attached hydrogens (tertiary/aromatic N) is 1. The summed E-state index contributed by atoms with van der Waals surface area (Å²) in [5.74, 6) is 5.09. The van der Waals surface area contributed by atoms with Gasteiger partial charge in [-0.1, -0.05) is 12.1 Å². The fourth-order valence-corrected chi connectivity index (χ4v) is 3.79. The topological polar surface area (TPSA) is 48.1 Å². The SMILES string of the molecule is Cc1sc(CCON)nc1-c1ccc2c(c1)CCCC2. The van der Waals surface area contributed by atoms with Crippen molar-refractivity contribution in [2.24, 2.45) is 5.90 Å². The molecule has 0 bridgehead atoms. The second-order valence-electron chi connectivity index (χ2n) is 5.32. The van der Waals surface area contributed by atoms with Crippen LogP contribution >= 0.6 is 11.3 Å². The van der Waals surface area contributed by atoms with Gasteiger partial charge in [0.2, 0.25) is 0 Å². The van der Waals surface area contributed by atoms with Crippen molar-refractivity contribution in [3.8, 4) is 11.3 Å². The molecule has 1 aromatic heterocycles. The van der Waals surface area contributed by atoms with E-state index in [9.17, 15) is 0 Å². The number of rotatable bonds is 4. The average molecular weight is 288 g/mol. The van der Waals surface area contributed by atoms with E-state index in [1.54, 1.807) is 11.3 Å². The number of aryl methyl sites for hydroxylation is 3. The second-order valence-corrected chi connectivity index (χ2v) is 6.61. The first kappa shape index (κ1) is 13.7. The normalized spacial score (nSPS) is 14.3. The van der Waals surface area contributed by atoms with Crippen LogP contribution in [0.5, 0.6) is 0 Å². The fourth-order valence-electron chi connectivity index (χ4n) is 2.85. The molecule has 1 aromatic carbocycles. The smallest absolute Gasteiger partial charge is 0.0959 e. The third-order valence-corrected chi connectivity index (χ3v) is 4.93. The van der Waals surface area contributed by atoms with Gasteiger partial charge in [0.1, 0.15) is 0 Å². The number of aromatic nitrogens is 1. The molecule has 0 atom stereocenters. The van der Waals surface area contributed by atoms with Crippen LogP contribution in [-0.2, 0) is 24.1 Å². The minimum atomic E-state index is 0.524. The molecule has 2 aromatic rings. The lowest BCUT2D eigenvalue weighted by atomic mass is 9.90. The Labute approximate surface area is 123 Å². The molecule has 0 fully saturated rings. The zero-order chi connectivity index (χ0) is 13.9. The van der Waals surface area contributed by atoms with Gasteiger partial charge in [0, 0.05) is 16.9 Å². The van der Waals surface area contributed by atoms with Gasteiger partial charge in [-0.15, -0.1) is 11.3 Å². The van der Waals surface area contributed by atoms with E-state index in [1.165, 1.54) is 47.3 Å². The van der Waals surface area contributed by atoms with Crippen molar-refractivity contribution in [3.63, 3.8) is 0 Å². The van der Waals surface area contributed by atoms with Crippen molar-refractivity contribution in [2.75, 3.05) is 6.61 Å². The lowest BCUT2D eigenvalue weighted by Crippen LogP contribution is -2.03. The standard InChI is InChI=1S/C16H20N2OS/c1-11-16(18-15(20-11)8-9-19-17)14-7-6-12-4-2-3-5-13(12)10-14/h6-7,10H,2-5,8-9,17H2,1H3. The first-order valence-corrected chi connectivity index (χ1v) is 8.00. The van der Waals surface area contributed by atoms with Gasteiger partial charge in [-0.05, 0) is 49.8 Å². The highest BCUT2D eigenvalue weighted by molar-refractivity contribution is 7.12. The molecule has 3 nitrogen and oxygen atoms in total. The molecule has 0 unspecified atom stereocenters. The van der Waals surface area contributed by atoms with Crippen LogP contribution in [0.2, 0.25) is 0 Å². The molecule has 0 saturated carbocycles. The molecule has 4 heteroatoms. The molecule has 106 valence electrons. The molecule has 0 amide bonds. The predicted octanol–water partition coefficient (Wildman–Crippen LogP) is 3.43. The van der Waals surface area contributed by atoms with Gasteiger partial charge < -0.3 is 4.84 Å². The Bertz CT molecular complexity index is 607. The Morgan fingerprint density at radius 2 is 2.05 bits per heavy atom. The summed E-state index contributed by atoms with van der Waals surface area (Å²) in [6.45, 7) is 2.66. The van der Waals surface area contributed by atoms with E-state index >= 15 is 0 Å². The molecule has 0 saturated heterocycles. The van der Waals surface area contributed by atoms with E-state index in [0.29, 0.717) is 6.61 Å². The van der Waals surface area contributed by atoms with Crippen molar-refractivity contribution < 1.29 is 4.84 Å². The summed E-state index contributed by atoms with van der Waals surface area (Å²) in [5, 5.41) is 1.10. The van der Waals surface area contributed by atoms with E-state index in [0.717, 1.165) is 17.1 Å².